The standard InChI is InChI=1S/C16H18.2H2/c1-5-13-8-12(4)9-15-10-14(11(2)3)6-7-16(13)15;;/h5-11H,1H2,2-4H3;2*1H. The maximum absolute atomic E-state index is 3.88. The van der Waals surface area contributed by atoms with Crippen molar-refractivity contribution in [1.29, 1.82) is 0 Å². The van der Waals surface area contributed by atoms with Gasteiger partial charge in [0.2, 0.25) is 0 Å². The molecule has 0 aromatic heterocycles. The molecule has 0 aliphatic heterocycles. The Morgan fingerprint density at radius 2 is 1.94 bits per heavy atom. The molecule has 0 saturated heterocycles. The van der Waals surface area contributed by atoms with Crippen LogP contribution in [0.2, 0.25) is 0 Å². The van der Waals surface area contributed by atoms with E-state index >= 15 is 0 Å². The first kappa shape index (κ1) is 10.9. The molecule has 0 N–H and O–H groups in total. The molecule has 0 heterocycles. The topological polar surface area (TPSA) is 0 Å². The van der Waals surface area contributed by atoms with Crippen LogP contribution in [0.25, 0.3) is 16.8 Å². The second kappa shape index (κ2) is 4.13. The van der Waals surface area contributed by atoms with E-state index in [1.54, 1.807) is 0 Å². The third-order valence-electron chi connectivity index (χ3n) is 3.04. The molecule has 0 radical (unpaired) electrons. The Morgan fingerprint density at radius 1 is 1.19 bits per heavy atom. The quantitative estimate of drug-likeness (QED) is 0.627. The molecule has 0 unspecified atom stereocenters. The summed E-state index contributed by atoms with van der Waals surface area (Å²) in [4.78, 5) is 0. The van der Waals surface area contributed by atoms with Crippen LogP contribution in [0, 0.1) is 6.92 Å². The van der Waals surface area contributed by atoms with E-state index in [9.17, 15) is 0 Å². The zero-order chi connectivity index (χ0) is 11.7. The van der Waals surface area contributed by atoms with E-state index in [4.69, 9.17) is 0 Å². The van der Waals surface area contributed by atoms with E-state index in [1.165, 1.54) is 27.5 Å². The zero-order valence-corrected chi connectivity index (χ0v) is 10.2. The molecule has 2 aromatic rings. The molecule has 0 heteroatoms. The van der Waals surface area contributed by atoms with Crippen LogP contribution in [0.5, 0.6) is 0 Å². The second-order valence-electron chi connectivity index (χ2n) is 4.69. The van der Waals surface area contributed by atoms with Gasteiger partial charge in [-0.2, -0.15) is 0 Å². The van der Waals surface area contributed by atoms with E-state index in [0.29, 0.717) is 5.92 Å². The van der Waals surface area contributed by atoms with Gasteiger partial charge in [0.25, 0.3) is 0 Å². The highest BCUT2D eigenvalue weighted by molar-refractivity contribution is 5.91. The lowest BCUT2D eigenvalue weighted by Crippen LogP contribution is -1.88. The van der Waals surface area contributed by atoms with Crippen LogP contribution in [-0.4, -0.2) is 0 Å². The van der Waals surface area contributed by atoms with Gasteiger partial charge in [-0.05, 0) is 40.3 Å². The monoisotopic (exact) mass is 214 g/mol. The van der Waals surface area contributed by atoms with Crippen molar-refractivity contribution in [3.8, 4) is 0 Å². The maximum Gasteiger partial charge on any atom is 0 e. The summed E-state index contributed by atoms with van der Waals surface area (Å²) < 4.78 is 0. The molecule has 0 aliphatic rings. The van der Waals surface area contributed by atoms with Crippen molar-refractivity contribution in [3.05, 3.63) is 53.6 Å². The van der Waals surface area contributed by atoms with E-state index < -0.39 is 0 Å². The highest BCUT2D eigenvalue weighted by Gasteiger charge is 2.03. The van der Waals surface area contributed by atoms with Crippen molar-refractivity contribution in [2.75, 3.05) is 0 Å². The van der Waals surface area contributed by atoms with Crippen molar-refractivity contribution in [3.63, 3.8) is 0 Å². The molecule has 16 heavy (non-hydrogen) atoms. The van der Waals surface area contributed by atoms with Gasteiger partial charge in [-0.3, -0.25) is 0 Å². The SMILES string of the molecule is C=Cc1cc(C)cc2cc(C(C)C)ccc12.[HH].[HH]. The fourth-order valence-electron chi connectivity index (χ4n) is 2.10. The van der Waals surface area contributed by atoms with Gasteiger partial charge in [0.1, 0.15) is 0 Å². The Bertz CT molecular complexity index is 542. The Balaban J connectivity index is 0.00000144. The Hall–Kier alpha value is -1.56. The first-order valence-electron chi connectivity index (χ1n) is 5.78. The second-order valence-corrected chi connectivity index (χ2v) is 4.69. The number of hydrogen-bond acceptors (Lipinski definition) is 0. The summed E-state index contributed by atoms with van der Waals surface area (Å²) in [5.41, 5.74) is 3.92. The van der Waals surface area contributed by atoms with Crippen molar-refractivity contribution in [2.45, 2.75) is 26.7 Å². The molecule has 0 atom stereocenters. The van der Waals surface area contributed by atoms with Gasteiger partial charge >= 0.3 is 0 Å². The molecule has 0 amide bonds. The summed E-state index contributed by atoms with van der Waals surface area (Å²) in [5.74, 6) is 0.581. The van der Waals surface area contributed by atoms with Crippen LogP contribution in [0.15, 0.2) is 36.9 Å². The van der Waals surface area contributed by atoms with E-state index in [2.05, 4.69) is 57.7 Å². The molecule has 0 spiro atoms. The van der Waals surface area contributed by atoms with E-state index in [1.807, 2.05) is 6.08 Å². The van der Waals surface area contributed by atoms with Gasteiger partial charge in [0.15, 0.2) is 0 Å². The average Bonchev–Trinajstić information content (AvgIpc) is 2.26. The normalized spacial score (nSPS) is 11.0. The highest BCUT2D eigenvalue weighted by Crippen LogP contribution is 2.26. The molecule has 0 fully saturated rings. The van der Waals surface area contributed by atoms with Gasteiger partial charge in [0.05, 0.1) is 0 Å². The van der Waals surface area contributed by atoms with Gasteiger partial charge in [-0.25, -0.2) is 0 Å². The van der Waals surface area contributed by atoms with Crippen molar-refractivity contribution >= 4 is 16.8 Å². The number of fused-ring (bicyclic) bond motifs is 1. The number of rotatable bonds is 2. The number of aryl methyl sites for hydroxylation is 1. The third kappa shape index (κ3) is 1.88. The molecule has 86 valence electrons. The molecular weight excluding hydrogens is 192 g/mol. The summed E-state index contributed by atoms with van der Waals surface area (Å²) in [5, 5.41) is 2.62. The average molecular weight is 214 g/mol. The van der Waals surface area contributed by atoms with Crippen molar-refractivity contribution in [1.82, 2.24) is 0 Å². The van der Waals surface area contributed by atoms with Crippen LogP contribution < -0.4 is 0 Å². The Morgan fingerprint density at radius 3 is 2.56 bits per heavy atom. The fourth-order valence-corrected chi connectivity index (χ4v) is 2.10. The zero-order valence-electron chi connectivity index (χ0n) is 10.2. The summed E-state index contributed by atoms with van der Waals surface area (Å²) in [6.45, 7) is 10.5. The minimum atomic E-state index is 0. The summed E-state index contributed by atoms with van der Waals surface area (Å²) in [7, 11) is 0. The van der Waals surface area contributed by atoms with Gasteiger partial charge in [0, 0.05) is 2.85 Å². The minimum absolute atomic E-state index is 0. The van der Waals surface area contributed by atoms with Gasteiger partial charge in [-0.15, -0.1) is 0 Å². The van der Waals surface area contributed by atoms with Crippen LogP contribution in [0.1, 0.15) is 39.3 Å². The summed E-state index contributed by atoms with van der Waals surface area (Å²) in [6.07, 6.45) is 1.93. The predicted octanol–water partition coefficient (Wildman–Crippen LogP) is 5.41. The highest BCUT2D eigenvalue weighted by atomic mass is 14.1. The molecule has 0 aliphatic carbocycles. The summed E-state index contributed by atoms with van der Waals surface area (Å²) >= 11 is 0. The smallest absolute Gasteiger partial charge is 0 e. The number of benzene rings is 2. The van der Waals surface area contributed by atoms with E-state index in [0.717, 1.165) is 0 Å². The largest absolute Gasteiger partial charge is 0.0984 e. The molecule has 2 aromatic carbocycles. The van der Waals surface area contributed by atoms with Crippen molar-refractivity contribution < 1.29 is 2.85 Å². The van der Waals surface area contributed by atoms with Crippen LogP contribution in [0.4, 0.5) is 0 Å². The fraction of sp³-hybridized carbons (Fsp3) is 0.250. The lowest BCUT2D eigenvalue weighted by Gasteiger charge is -2.09. The van der Waals surface area contributed by atoms with Crippen LogP contribution in [0.3, 0.4) is 0 Å². The maximum atomic E-state index is 3.88. The van der Waals surface area contributed by atoms with Crippen LogP contribution in [-0.2, 0) is 0 Å². The Labute approximate surface area is 101 Å². The Kier molecular flexibility index (Phi) is 2.82. The van der Waals surface area contributed by atoms with E-state index in [-0.39, 0.29) is 2.85 Å². The molecular formula is C16H22. The lowest BCUT2D eigenvalue weighted by molar-refractivity contribution is 0.869. The minimum Gasteiger partial charge on any atom is -0.0984 e. The predicted molar refractivity (Wildman–Crippen MR) is 77.1 cm³/mol. The molecule has 0 saturated carbocycles. The number of hydrogen-bond donors (Lipinski definition) is 0. The van der Waals surface area contributed by atoms with Gasteiger partial charge < -0.3 is 0 Å². The van der Waals surface area contributed by atoms with Gasteiger partial charge in [-0.1, -0.05) is 56.8 Å². The molecule has 0 bridgehead atoms. The first-order valence-corrected chi connectivity index (χ1v) is 5.78. The molecule has 2 rings (SSSR count). The third-order valence-corrected chi connectivity index (χ3v) is 3.04. The first-order chi connectivity index (χ1) is 7.61. The van der Waals surface area contributed by atoms with Crippen LogP contribution >= 0.6 is 0 Å². The van der Waals surface area contributed by atoms with Crippen molar-refractivity contribution in [2.24, 2.45) is 0 Å². The molecule has 0 nitrogen and oxygen atoms in total. The summed E-state index contributed by atoms with van der Waals surface area (Å²) in [6, 6.07) is 11.1. The lowest BCUT2D eigenvalue weighted by atomic mass is 9.95.